The molecule has 0 saturated heterocycles. The van der Waals surface area contributed by atoms with E-state index in [1.165, 1.54) is 0 Å². The molecule has 0 aliphatic carbocycles. The van der Waals surface area contributed by atoms with Crippen LogP contribution in [0.1, 0.15) is 19.4 Å². The zero-order chi connectivity index (χ0) is 9.68. The minimum absolute atomic E-state index is 0. The van der Waals surface area contributed by atoms with Crippen LogP contribution in [0.25, 0.3) is 0 Å². The van der Waals surface area contributed by atoms with Crippen LogP contribution < -0.4 is 5.32 Å². The second-order valence-electron chi connectivity index (χ2n) is 3.69. The Morgan fingerprint density at radius 2 is 2.07 bits per heavy atom. The van der Waals surface area contributed by atoms with Gasteiger partial charge in [-0.05, 0) is 30.2 Å². The molecule has 1 aromatic rings. The Balaban J connectivity index is 0.00000169. The maximum Gasteiger partial charge on any atom is 0.115 e. The van der Waals surface area contributed by atoms with Crippen molar-refractivity contribution in [2.45, 2.75) is 20.4 Å². The van der Waals surface area contributed by atoms with E-state index >= 15 is 0 Å². The number of hydrogen-bond acceptors (Lipinski definition) is 2. The predicted molar refractivity (Wildman–Crippen MR) is 61.9 cm³/mol. The molecule has 2 N–H and O–H groups in total. The number of rotatable bonds is 4. The molecule has 0 aromatic heterocycles. The normalized spacial score (nSPS) is 9.93. The molecule has 80 valence electrons. The lowest BCUT2D eigenvalue weighted by atomic mass is 10.2. The Bertz CT molecular complexity index is 263. The third kappa shape index (κ3) is 5.10. The molecule has 1 aromatic carbocycles. The van der Waals surface area contributed by atoms with Gasteiger partial charge < -0.3 is 10.4 Å². The highest BCUT2D eigenvalue weighted by molar-refractivity contribution is 5.85. The molecule has 0 bridgehead atoms. The lowest BCUT2D eigenvalue weighted by Gasteiger charge is -2.07. The van der Waals surface area contributed by atoms with E-state index < -0.39 is 0 Å². The smallest absolute Gasteiger partial charge is 0.115 e. The topological polar surface area (TPSA) is 32.3 Å². The van der Waals surface area contributed by atoms with Crippen molar-refractivity contribution < 1.29 is 5.11 Å². The van der Waals surface area contributed by atoms with Gasteiger partial charge in [0.05, 0.1) is 0 Å². The maximum absolute atomic E-state index is 9.19. The number of hydrogen-bond donors (Lipinski definition) is 2. The highest BCUT2D eigenvalue weighted by Crippen LogP contribution is 2.10. The molecule has 0 atom stereocenters. The quantitative estimate of drug-likeness (QED) is 0.809. The summed E-state index contributed by atoms with van der Waals surface area (Å²) in [4.78, 5) is 0. The molecule has 0 aliphatic heterocycles. The van der Waals surface area contributed by atoms with Crippen molar-refractivity contribution in [1.82, 2.24) is 5.32 Å². The summed E-state index contributed by atoms with van der Waals surface area (Å²) in [6.07, 6.45) is 0. The van der Waals surface area contributed by atoms with Crippen LogP contribution in [-0.4, -0.2) is 11.7 Å². The molecule has 0 aliphatic rings. The monoisotopic (exact) mass is 215 g/mol. The van der Waals surface area contributed by atoms with Crippen LogP contribution in [-0.2, 0) is 6.54 Å². The molecular formula is C11H18ClNO. The third-order valence-corrected chi connectivity index (χ3v) is 1.79. The largest absolute Gasteiger partial charge is 0.508 e. The second kappa shape index (κ2) is 6.68. The molecule has 2 nitrogen and oxygen atoms in total. The van der Waals surface area contributed by atoms with E-state index in [2.05, 4.69) is 19.2 Å². The molecule has 1 rings (SSSR count). The van der Waals surface area contributed by atoms with Crippen LogP contribution in [0.3, 0.4) is 0 Å². The first-order valence-electron chi connectivity index (χ1n) is 4.67. The average molecular weight is 216 g/mol. The minimum Gasteiger partial charge on any atom is -0.508 e. The van der Waals surface area contributed by atoms with Gasteiger partial charge >= 0.3 is 0 Å². The number of phenols is 1. The van der Waals surface area contributed by atoms with Gasteiger partial charge in [0.15, 0.2) is 0 Å². The Morgan fingerprint density at radius 1 is 1.36 bits per heavy atom. The van der Waals surface area contributed by atoms with Gasteiger partial charge in [-0.3, -0.25) is 0 Å². The summed E-state index contributed by atoms with van der Waals surface area (Å²) in [5.74, 6) is 1.00. The molecule has 0 saturated carbocycles. The fourth-order valence-electron chi connectivity index (χ4n) is 1.17. The molecule has 0 radical (unpaired) electrons. The Hall–Kier alpha value is -0.730. The van der Waals surface area contributed by atoms with Gasteiger partial charge in [0.25, 0.3) is 0 Å². The van der Waals surface area contributed by atoms with E-state index in [1.807, 2.05) is 12.1 Å². The number of phenolic OH excluding ortho intramolecular Hbond substituents is 1. The van der Waals surface area contributed by atoms with E-state index in [4.69, 9.17) is 0 Å². The van der Waals surface area contributed by atoms with E-state index in [1.54, 1.807) is 12.1 Å². The summed E-state index contributed by atoms with van der Waals surface area (Å²) in [5.41, 5.74) is 1.13. The summed E-state index contributed by atoms with van der Waals surface area (Å²) < 4.78 is 0. The Kier molecular flexibility index (Phi) is 6.34. The van der Waals surface area contributed by atoms with Gasteiger partial charge in [-0.25, -0.2) is 0 Å². The van der Waals surface area contributed by atoms with Crippen molar-refractivity contribution >= 4 is 12.4 Å². The van der Waals surface area contributed by atoms with Crippen LogP contribution in [0.5, 0.6) is 5.75 Å². The van der Waals surface area contributed by atoms with Gasteiger partial charge in [-0.1, -0.05) is 26.0 Å². The van der Waals surface area contributed by atoms with Crippen LogP contribution in [0.2, 0.25) is 0 Å². The zero-order valence-corrected chi connectivity index (χ0v) is 9.47. The number of halogens is 1. The van der Waals surface area contributed by atoms with Gasteiger partial charge in [0.1, 0.15) is 5.75 Å². The molecule has 0 spiro atoms. The van der Waals surface area contributed by atoms with Gasteiger partial charge in [-0.2, -0.15) is 0 Å². The molecular weight excluding hydrogens is 198 g/mol. The molecule has 3 heteroatoms. The van der Waals surface area contributed by atoms with Crippen LogP contribution in [0.4, 0.5) is 0 Å². The summed E-state index contributed by atoms with van der Waals surface area (Å²) >= 11 is 0. The van der Waals surface area contributed by atoms with E-state index in [-0.39, 0.29) is 12.4 Å². The SMILES string of the molecule is CC(C)CNCc1cccc(O)c1.Cl. The fourth-order valence-corrected chi connectivity index (χ4v) is 1.17. The highest BCUT2D eigenvalue weighted by Gasteiger charge is 1.95. The van der Waals surface area contributed by atoms with Crippen molar-refractivity contribution in [2.75, 3.05) is 6.54 Å². The van der Waals surface area contributed by atoms with Crippen molar-refractivity contribution in [3.8, 4) is 5.75 Å². The first-order valence-corrected chi connectivity index (χ1v) is 4.67. The summed E-state index contributed by atoms with van der Waals surface area (Å²) in [6.45, 7) is 6.19. The predicted octanol–water partition coefficient (Wildman–Crippen LogP) is 2.56. The van der Waals surface area contributed by atoms with Gasteiger partial charge in [-0.15, -0.1) is 12.4 Å². The maximum atomic E-state index is 9.19. The number of aromatic hydroxyl groups is 1. The lowest BCUT2D eigenvalue weighted by molar-refractivity contribution is 0.473. The Morgan fingerprint density at radius 3 is 2.64 bits per heavy atom. The Labute approximate surface area is 91.8 Å². The molecule has 0 heterocycles. The van der Waals surface area contributed by atoms with Gasteiger partial charge in [0.2, 0.25) is 0 Å². The number of benzene rings is 1. The van der Waals surface area contributed by atoms with Crippen molar-refractivity contribution in [1.29, 1.82) is 0 Å². The van der Waals surface area contributed by atoms with Crippen LogP contribution in [0.15, 0.2) is 24.3 Å². The highest BCUT2D eigenvalue weighted by atomic mass is 35.5. The fraction of sp³-hybridized carbons (Fsp3) is 0.455. The van der Waals surface area contributed by atoms with Crippen LogP contribution >= 0.6 is 12.4 Å². The second-order valence-corrected chi connectivity index (χ2v) is 3.69. The lowest BCUT2D eigenvalue weighted by Crippen LogP contribution is -2.18. The van der Waals surface area contributed by atoms with E-state index in [0.29, 0.717) is 11.7 Å². The summed E-state index contributed by atoms with van der Waals surface area (Å²) in [6, 6.07) is 7.34. The first-order chi connectivity index (χ1) is 6.18. The van der Waals surface area contributed by atoms with Crippen molar-refractivity contribution in [2.24, 2.45) is 5.92 Å². The zero-order valence-electron chi connectivity index (χ0n) is 8.66. The van der Waals surface area contributed by atoms with E-state index in [9.17, 15) is 5.11 Å². The van der Waals surface area contributed by atoms with Crippen molar-refractivity contribution in [3.63, 3.8) is 0 Å². The van der Waals surface area contributed by atoms with Crippen LogP contribution in [0, 0.1) is 5.92 Å². The van der Waals surface area contributed by atoms with Gasteiger partial charge in [0, 0.05) is 6.54 Å². The molecule has 0 unspecified atom stereocenters. The number of nitrogens with one attached hydrogen (secondary N) is 1. The summed E-state index contributed by atoms with van der Waals surface area (Å²) in [5, 5.41) is 12.5. The summed E-state index contributed by atoms with van der Waals surface area (Å²) in [7, 11) is 0. The third-order valence-electron chi connectivity index (χ3n) is 1.79. The minimum atomic E-state index is 0. The van der Waals surface area contributed by atoms with E-state index in [0.717, 1.165) is 18.7 Å². The molecule has 0 fully saturated rings. The standard InChI is InChI=1S/C11H17NO.ClH/c1-9(2)7-12-8-10-4-3-5-11(13)6-10;/h3-6,9,12-13H,7-8H2,1-2H3;1H. The molecule has 0 amide bonds. The van der Waals surface area contributed by atoms with Crippen molar-refractivity contribution in [3.05, 3.63) is 29.8 Å². The first kappa shape index (κ1) is 13.3. The molecule has 14 heavy (non-hydrogen) atoms. The average Bonchev–Trinajstić information content (AvgIpc) is 2.03.